The first kappa shape index (κ1) is 132. The number of carbonyl (C=O) groups excluding carboxylic acids is 3. The zero-order chi connectivity index (χ0) is 110. The van der Waals surface area contributed by atoms with E-state index < -0.39 is 61.8 Å². The number of amides is 3. The van der Waals surface area contributed by atoms with Gasteiger partial charge in [-0.2, -0.15) is 11.8 Å². The lowest BCUT2D eigenvalue weighted by Crippen LogP contribution is -2.53. The number of urea groups is 1. The molecule has 0 spiro atoms. The van der Waals surface area contributed by atoms with Crippen molar-refractivity contribution in [1.82, 2.24) is 41.2 Å². The average Bonchev–Trinajstić information content (AvgIpc) is 1.60. The zero-order valence-electron chi connectivity index (χ0n) is 92.7. The second-order valence-electron chi connectivity index (χ2n) is 40.1. The quantitative estimate of drug-likeness (QED) is 0.00465. The number of benzene rings is 7. The summed E-state index contributed by atoms with van der Waals surface area (Å²) in [5.41, 5.74) is 3.91. The van der Waals surface area contributed by atoms with Crippen molar-refractivity contribution in [2.24, 2.45) is 5.92 Å². The predicted octanol–water partition coefficient (Wildman–Crippen LogP) is 24.0. The number of ether oxygens (including phenoxy) is 10. The van der Waals surface area contributed by atoms with Crippen molar-refractivity contribution >= 4 is 104 Å². The highest BCUT2D eigenvalue weighted by atomic mass is 35.5. The maximum atomic E-state index is 14.4. The molecule has 0 radical (unpaired) electrons. The highest BCUT2D eigenvalue weighted by molar-refractivity contribution is 8.09. The summed E-state index contributed by atoms with van der Waals surface area (Å²) < 4.78 is 114. The van der Waals surface area contributed by atoms with Crippen molar-refractivity contribution < 1.29 is 103 Å². The number of halogens is 1. The van der Waals surface area contributed by atoms with E-state index in [4.69, 9.17) is 126 Å². The Balaban J connectivity index is 0.000000322. The normalized spacial score (nSPS) is 16.5. The van der Waals surface area contributed by atoms with Gasteiger partial charge >= 0.3 is 19.7 Å². The van der Waals surface area contributed by atoms with Crippen LogP contribution in [0.5, 0.6) is 23.0 Å². The van der Waals surface area contributed by atoms with Gasteiger partial charge in [-0.15, -0.1) is 0 Å². The van der Waals surface area contributed by atoms with Gasteiger partial charge < -0.3 is 90.0 Å². The lowest BCUT2D eigenvalue weighted by Gasteiger charge is -2.45. The first-order valence-electron chi connectivity index (χ1n) is 51.7. The van der Waals surface area contributed by atoms with Gasteiger partial charge in [0, 0.05) is 95.7 Å². The summed E-state index contributed by atoms with van der Waals surface area (Å²) in [7, 11) is 5.92. The van der Waals surface area contributed by atoms with E-state index in [0.29, 0.717) is 115 Å². The highest BCUT2D eigenvalue weighted by Gasteiger charge is 2.57. The van der Waals surface area contributed by atoms with Gasteiger partial charge in [-0.3, -0.25) is 24.0 Å². The summed E-state index contributed by atoms with van der Waals surface area (Å²) in [6.45, 7) is 37.1. The molecule has 0 bridgehead atoms. The van der Waals surface area contributed by atoms with Crippen LogP contribution < -0.4 is 55.2 Å². The van der Waals surface area contributed by atoms with Gasteiger partial charge in [0.2, 0.25) is 5.91 Å². The topological polar surface area (TPSA) is 322 Å². The fourth-order valence-corrected chi connectivity index (χ4v) is 29.5. The van der Waals surface area contributed by atoms with Gasteiger partial charge in [0.15, 0.2) is 6.29 Å². The molecule has 149 heavy (non-hydrogen) atoms. The summed E-state index contributed by atoms with van der Waals surface area (Å²) >= 11 is 25.3. The Kier molecular flexibility index (Phi) is 58.8. The molecule has 0 saturated carbocycles. The average molecular weight is 2250 g/mol. The highest BCUT2D eigenvalue weighted by Crippen LogP contribution is 2.54. The second-order valence-corrected chi connectivity index (χ2v) is 53.0. The van der Waals surface area contributed by atoms with Crippen LogP contribution in [-0.4, -0.2) is 222 Å². The van der Waals surface area contributed by atoms with E-state index in [1.165, 1.54) is 38.0 Å². The number of unbranched alkanes of at least 4 members (excludes halogenated alkanes) is 4. The van der Waals surface area contributed by atoms with Gasteiger partial charge in [-0.1, -0.05) is 146 Å². The van der Waals surface area contributed by atoms with E-state index in [0.717, 1.165) is 97.6 Å². The predicted molar refractivity (Wildman–Crippen MR) is 613 cm³/mol. The lowest BCUT2D eigenvalue weighted by atomic mass is 9.74. The Hall–Kier alpha value is -5.95. The fraction of sp³-hybridized carbons (Fsp3) is 0.591. The van der Waals surface area contributed by atoms with Gasteiger partial charge in [0.25, 0.3) is 19.9 Å². The van der Waals surface area contributed by atoms with E-state index in [2.05, 4.69) is 169 Å². The number of nitrogens with one attached hydrogen (secondary N) is 7. The number of rotatable bonds is 64. The minimum atomic E-state index is -3.53. The van der Waals surface area contributed by atoms with Crippen LogP contribution in [0.2, 0.25) is 5.02 Å². The van der Waals surface area contributed by atoms with Crippen molar-refractivity contribution in [3.63, 3.8) is 0 Å². The number of hydrogen-bond acceptors (Lipinski definition) is 27. The molecule has 0 aromatic heterocycles. The van der Waals surface area contributed by atoms with Crippen molar-refractivity contribution in [2.75, 3.05) is 147 Å². The van der Waals surface area contributed by atoms with E-state index in [-0.39, 0.29) is 72.1 Å². The van der Waals surface area contributed by atoms with Crippen molar-refractivity contribution in [3.8, 4) is 23.0 Å². The number of thioether (sulfide) groups is 1. The summed E-state index contributed by atoms with van der Waals surface area (Å²) in [6.07, 6.45) is 7.60. The lowest BCUT2D eigenvalue weighted by molar-refractivity contribution is -0.141. The van der Waals surface area contributed by atoms with Gasteiger partial charge in [-0.25, -0.2) is 29.7 Å². The molecule has 2 aliphatic rings. The van der Waals surface area contributed by atoms with Crippen LogP contribution in [0.4, 0.5) is 4.79 Å². The Labute approximate surface area is 915 Å². The Morgan fingerprint density at radius 2 is 0.953 bits per heavy atom. The van der Waals surface area contributed by atoms with Gasteiger partial charge in [-0.05, 0) is 318 Å². The van der Waals surface area contributed by atoms with Crippen LogP contribution in [0.25, 0.3) is 0 Å². The summed E-state index contributed by atoms with van der Waals surface area (Å²) in [5.74, 6) is 3.61. The monoisotopic (exact) mass is 2250 g/mol. The Morgan fingerprint density at radius 3 is 1.43 bits per heavy atom. The molecule has 30 nitrogen and oxygen atoms in total. The third-order valence-electron chi connectivity index (χ3n) is 22.7. The van der Waals surface area contributed by atoms with E-state index >= 15 is 0 Å². The molecule has 2 aliphatic heterocycles. The summed E-state index contributed by atoms with van der Waals surface area (Å²) in [6, 6.07) is 61.1. The zero-order valence-corrected chi connectivity index (χ0v) is 100. The number of esters is 1. The molecule has 7 aromatic rings. The molecule has 9 unspecified atom stereocenters. The molecule has 2 saturated heterocycles. The fourth-order valence-electron chi connectivity index (χ4n) is 16.4. The van der Waals surface area contributed by atoms with Crippen LogP contribution in [0.3, 0.4) is 0 Å². The van der Waals surface area contributed by atoms with Gasteiger partial charge in [0.1, 0.15) is 35.1 Å². The van der Waals surface area contributed by atoms with Crippen molar-refractivity contribution in [3.05, 3.63) is 226 Å². The molecule has 7 aromatic carbocycles. The third kappa shape index (κ3) is 46.8. The largest absolute Gasteiger partial charge is 0.497 e. The first-order chi connectivity index (χ1) is 70.7. The summed E-state index contributed by atoms with van der Waals surface area (Å²) in [5, 5.41) is 23.8. The molecule has 7 N–H and O–H groups in total. The number of carbonyl (C=O) groups is 3. The smallest absolute Gasteiger partial charge is 0.406 e. The molecular weight excluding hydrogens is 2070 g/mol. The van der Waals surface area contributed by atoms with Crippen LogP contribution in [0.15, 0.2) is 182 Å². The molecule has 3 amide bonds. The summed E-state index contributed by atoms with van der Waals surface area (Å²) in [4.78, 5) is 40.5. The standard InChI is InChI=1S/C43H61N4O7PS2.C32H45N2O3PS.C21H37ClNO7P.C14H30NO5PS/c1-7-52-30-28-45-55(56,54-42(2,3)4)53-29-13-9-12-27-44-39(48)18-14-17-38-40-37(31-57-38)47(41(49)46-40)43(32-15-10-8-11-16-32,33-19-23-35(50-5)24-20-33)34-21-25-36(51-6)26-22-34;1-26(2)34-38(39,37-31(3,4)5)36-25-15-9-14-24-33-32(27-16-10-7-11-17-27,28-18-12-8-13-19-28)29-20-22-30(35-6)23-21-29;1-8-27-15-16(2)14-23-31(24,30-21(3,4)5)29-12-11-28-17-9-10-18(19(22)13-17)20(25-6)26-7;1-7-18-11-10-15-21(22,20-14(3,4)5)19-12(2)8-9-13(16)17-6/h8,10-11,15-16,19-26,37-38,40H,7,9,12-14,17-18,27-31H2,1-6H3,(H,44,48)(H,45,56)(H,46,49);7-8,10-13,16-23,26,33H,9,14-15,24-25H2,1-6H3,(H,34,39);9-10,13,16,20H,8,11-12,14-15H2,1-7H3,(H,23,24);12H,7-11H2,1-6H3,(H,15,22). The number of hydrogen-bond donors (Lipinski definition) is 7. The van der Waals surface area contributed by atoms with Crippen LogP contribution >= 0.6 is 51.0 Å². The van der Waals surface area contributed by atoms with E-state index in [1.54, 1.807) is 39.5 Å². The molecule has 836 valence electrons. The van der Waals surface area contributed by atoms with E-state index in [9.17, 15) is 18.9 Å². The Morgan fingerprint density at radius 1 is 0.497 bits per heavy atom. The van der Waals surface area contributed by atoms with Crippen LogP contribution in [0.1, 0.15) is 247 Å². The number of methoxy groups -OCH3 is 6. The molecule has 2 fully saturated rings. The van der Waals surface area contributed by atoms with Crippen LogP contribution in [-0.2, 0) is 125 Å². The number of fused-ring (bicyclic) bond motifs is 1. The van der Waals surface area contributed by atoms with E-state index in [1.807, 2.05) is 184 Å². The minimum absolute atomic E-state index is 0.0533. The SMILES string of the molecule is CCOCC(C)CNP(=O)(OCCOc1ccc(C(OC)OC)c(Cl)c1)OC(C)(C)C.CCOCCNP(=S)(OC(C)CCC(=O)OC)OC(C)(C)C.CCOCCNP(=S)(OCCCCCNC(=O)CCCC1SCC2C1NC(=O)N2C(c1ccccc1)(c1ccc(OC)cc1)c1ccc(OC)cc1)OC(C)(C)C.COc1ccc(C(NCCCCCOP(=S)(NC(C)C)OC(C)(C)C)(c2ccccc2)c2ccccc2)cc1. The van der Waals surface area contributed by atoms with Crippen LogP contribution in [0, 0.1) is 5.92 Å². The molecule has 9 rings (SSSR count). The maximum absolute atomic E-state index is 14.4. The molecule has 2 heterocycles. The third-order valence-corrected chi connectivity index (χ3v) is 35.2. The second kappa shape index (κ2) is 66.6. The first-order valence-corrected chi connectivity index (χ1v) is 62.5. The molecule has 39 heteroatoms. The number of nitrogens with zero attached hydrogens (tertiary/aromatic N) is 1. The van der Waals surface area contributed by atoms with Crippen molar-refractivity contribution in [2.45, 2.75) is 271 Å². The van der Waals surface area contributed by atoms with Crippen molar-refractivity contribution in [1.29, 1.82) is 0 Å². The minimum Gasteiger partial charge on any atom is -0.497 e. The molecular formula is C110H173ClN8O22P4S4. The van der Waals surface area contributed by atoms with Gasteiger partial charge in [0.05, 0.1) is 119 Å². The Bertz CT molecular complexity index is 5090. The molecule has 9 atom stereocenters. The maximum Gasteiger partial charge on any atom is 0.406 e. The molecule has 0 aliphatic carbocycles.